The molecule has 0 spiro atoms. The van der Waals surface area contributed by atoms with Crippen LogP contribution in [0.5, 0.6) is 0 Å². The summed E-state index contributed by atoms with van der Waals surface area (Å²) in [5.41, 5.74) is 10.2. The molecule has 0 radical (unpaired) electrons. The Morgan fingerprint density at radius 2 is 1.28 bits per heavy atom. The zero-order chi connectivity index (χ0) is 39.2. The number of nitrogens with zero attached hydrogens (tertiary/aromatic N) is 5. The van der Waals surface area contributed by atoms with Gasteiger partial charge in [-0.1, -0.05) is 153 Å². The fourth-order valence-corrected chi connectivity index (χ4v) is 8.38. The number of hydrogen-bond acceptors (Lipinski definition) is 4. The van der Waals surface area contributed by atoms with E-state index in [0.29, 0.717) is 23.4 Å². The van der Waals surface area contributed by atoms with Crippen molar-refractivity contribution >= 4 is 43.6 Å². The highest BCUT2D eigenvalue weighted by Gasteiger charge is 2.21. The minimum Gasteiger partial charge on any atom is -0.462 e. The topological polar surface area (TPSA) is 57.8 Å². The summed E-state index contributed by atoms with van der Waals surface area (Å²) in [7, 11) is 0. The Morgan fingerprint density at radius 1 is 0.603 bits per heavy atom. The summed E-state index contributed by atoms with van der Waals surface area (Å²) in [6.45, 7) is 9.28. The summed E-state index contributed by atoms with van der Waals surface area (Å²) < 4.78 is 10.6. The van der Waals surface area contributed by atoms with E-state index in [4.69, 9.17) is 19.7 Å². The first kappa shape index (κ1) is 35.1. The van der Waals surface area contributed by atoms with Crippen LogP contribution in [0, 0.1) is 0 Å². The monoisotopic (exact) mass is 751 g/mol. The first-order valence-corrected chi connectivity index (χ1v) is 20.0. The molecule has 6 aromatic carbocycles. The van der Waals surface area contributed by atoms with Crippen molar-refractivity contribution < 1.29 is 4.74 Å². The van der Waals surface area contributed by atoms with Gasteiger partial charge in [-0.15, -0.1) is 0 Å². The van der Waals surface area contributed by atoms with E-state index in [-0.39, 0.29) is 5.92 Å². The highest BCUT2D eigenvalue weighted by Crippen LogP contribution is 2.39. The standard InChI is InChI=1S/C52H41N5O/c1-4-40-18-13-17-37(26-25-34(3)58-40)50-53-51(55-52(54-50)57-46-23-11-9-19-42(46)43-20-10-12-24-47(43)57)38-29-27-36(28-30-38)41-21-14-22-45-44-32-31-39(35-15-7-6-8-16-35)33-48(44)56(5-2)49(41)45/h6-33,37H,3-5H2,1-2H3/b17-13-,26-25-,40-18+. The highest BCUT2D eigenvalue weighted by molar-refractivity contribution is 6.13. The highest BCUT2D eigenvalue weighted by atomic mass is 16.5. The number of aryl methyl sites for hydroxylation is 1. The number of aromatic nitrogens is 5. The van der Waals surface area contributed by atoms with Crippen LogP contribution < -0.4 is 0 Å². The Hall–Kier alpha value is -7.31. The lowest BCUT2D eigenvalue weighted by molar-refractivity contribution is 0.310. The largest absolute Gasteiger partial charge is 0.462 e. The maximum atomic E-state index is 5.98. The van der Waals surface area contributed by atoms with E-state index in [9.17, 15) is 0 Å². The molecule has 4 heterocycles. The molecule has 1 aliphatic heterocycles. The molecule has 0 fully saturated rings. The summed E-state index contributed by atoms with van der Waals surface area (Å²) in [5, 5.41) is 4.80. The average molecular weight is 752 g/mol. The van der Waals surface area contributed by atoms with Crippen molar-refractivity contribution in [3.05, 3.63) is 194 Å². The summed E-state index contributed by atoms with van der Waals surface area (Å²) >= 11 is 0. The maximum absolute atomic E-state index is 5.98. The zero-order valence-electron chi connectivity index (χ0n) is 32.5. The number of fused-ring (bicyclic) bond motifs is 6. The molecule has 0 amide bonds. The van der Waals surface area contributed by atoms with E-state index in [1.807, 2.05) is 24.3 Å². The number of rotatable bonds is 7. The second-order valence-electron chi connectivity index (χ2n) is 14.6. The molecular weight excluding hydrogens is 711 g/mol. The Kier molecular flexibility index (Phi) is 8.87. The lowest BCUT2D eigenvalue weighted by atomic mass is 10.00. The lowest BCUT2D eigenvalue weighted by Gasteiger charge is -2.14. The third-order valence-electron chi connectivity index (χ3n) is 11.2. The van der Waals surface area contributed by atoms with E-state index >= 15 is 0 Å². The minimum absolute atomic E-state index is 0.253. The summed E-state index contributed by atoms with van der Waals surface area (Å²) in [4.78, 5) is 15.6. The molecular formula is C52H41N5O. The molecule has 0 aliphatic carbocycles. The molecule has 0 saturated heterocycles. The van der Waals surface area contributed by atoms with Gasteiger partial charge < -0.3 is 9.30 Å². The summed E-state index contributed by atoms with van der Waals surface area (Å²) in [6.07, 6.45) is 10.8. The maximum Gasteiger partial charge on any atom is 0.238 e. The van der Waals surface area contributed by atoms with Crippen molar-refractivity contribution in [1.82, 2.24) is 24.1 Å². The summed E-state index contributed by atoms with van der Waals surface area (Å²) in [6, 6.07) is 49.6. The van der Waals surface area contributed by atoms with Crippen LogP contribution in [0.3, 0.4) is 0 Å². The Bertz CT molecular complexity index is 3070. The SMILES string of the molecule is C=C1/C=C\C(c2nc(-c3ccc(-c4cccc5c6ccc(-c7ccccc7)cc6n(CC)c45)cc3)nc(-n3c4ccccc4c4ccccc43)n2)/C=C\C=C(/CC)O1. The van der Waals surface area contributed by atoms with Crippen LogP contribution in [-0.2, 0) is 11.3 Å². The van der Waals surface area contributed by atoms with Crippen molar-refractivity contribution in [3.63, 3.8) is 0 Å². The van der Waals surface area contributed by atoms with E-state index in [1.165, 1.54) is 38.5 Å². The van der Waals surface area contributed by atoms with Gasteiger partial charge in [-0.05, 0) is 54.0 Å². The molecule has 1 atom stereocenters. The van der Waals surface area contributed by atoms with Gasteiger partial charge in [0.1, 0.15) is 17.3 Å². The summed E-state index contributed by atoms with van der Waals surface area (Å²) in [5.74, 6) is 2.96. The quantitative estimate of drug-likeness (QED) is 0.163. The van der Waals surface area contributed by atoms with Crippen molar-refractivity contribution in [2.24, 2.45) is 0 Å². The van der Waals surface area contributed by atoms with Crippen molar-refractivity contribution in [3.8, 4) is 39.6 Å². The Balaban J connectivity index is 1.12. The van der Waals surface area contributed by atoms with E-state index in [2.05, 4.69) is 175 Å². The fourth-order valence-electron chi connectivity index (χ4n) is 8.38. The number of allylic oxidation sites excluding steroid dienone is 6. The van der Waals surface area contributed by atoms with Crippen LogP contribution in [-0.4, -0.2) is 24.1 Å². The van der Waals surface area contributed by atoms with Crippen LogP contribution in [0.2, 0.25) is 0 Å². The third kappa shape index (κ3) is 6.10. The van der Waals surface area contributed by atoms with Crippen molar-refractivity contribution in [1.29, 1.82) is 0 Å². The first-order valence-electron chi connectivity index (χ1n) is 20.0. The number of ether oxygens (including phenoxy) is 1. The van der Waals surface area contributed by atoms with Crippen LogP contribution in [0.15, 0.2) is 188 Å². The molecule has 10 rings (SSSR count). The van der Waals surface area contributed by atoms with E-state index in [1.54, 1.807) is 0 Å². The molecule has 0 bridgehead atoms. The van der Waals surface area contributed by atoms with Gasteiger partial charge in [-0.3, -0.25) is 4.57 Å². The molecule has 3 aromatic heterocycles. The molecule has 0 saturated carbocycles. The van der Waals surface area contributed by atoms with Crippen LogP contribution >= 0.6 is 0 Å². The van der Waals surface area contributed by atoms with Gasteiger partial charge >= 0.3 is 0 Å². The second kappa shape index (κ2) is 14.6. The Labute approximate surface area is 337 Å². The molecule has 0 N–H and O–H groups in total. The van der Waals surface area contributed by atoms with E-state index < -0.39 is 0 Å². The average Bonchev–Trinajstić information content (AvgIpc) is 3.82. The van der Waals surface area contributed by atoms with Crippen molar-refractivity contribution in [2.45, 2.75) is 32.7 Å². The van der Waals surface area contributed by atoms with Gasteiger partial charge in [0.15, 0.2) is 5.82 Å². The smallest absolute Gasteiger partial charge is 0.238 e. The number of para-hydroxylation sites is 3. The van der Waals surface area contributed by atoms with Crippen LogP contribution in [0.1, 0.15) is 32.0 Å². The Morgan fingerprint density at radius 3 is 2.02 bits per heavy atom. The van der Waals surface area contributed by atoms with Crippen LogP contribution in [0.25, 0.3) is 83.2 Å². The van der Waals surface area contributed by atoms with Gasteiger partial charge in [0.2, 0.25) is 5.95 Å². The zero-order valence-corrected chi connectivity index (χ0v) is 32.5. The lowest BCUT2D eigenvalue weighted by Crippen LogP contribution is -2.10. The second-order valence-corrected chi connectivity index (χ2v) is 14.6. The fraction of sp³-hybridized carbons (Fsp3) is 0.0962. The molecule has 58 heavy (non-hydrogen) atoms. The molecule has 1 unspecified atom stereocenters. The van der Waals surface area contributed by atoms with Crippen molar-refractivity contribution in [2.75, 3.05) is 0 Å². The molecule has 6 heteroatoms. The third-order valence-corrected chi connectivity index (χ3v) is 11.2. The van der Waals surface area contributed by atoms with Crippen LogP contribution in [0.4, 0.5) is 0 Å². The van der Waals surface area contributed by atoms with Gasteiger partial charge in [0, 0.05) is 51.2 Å². The van der Waals surface area contributed by atoms with E-state index in [0.717, 1.165) is 51.7 Å². The molecule has 1 aliphatic rings. The number of benzene rings is 6. The van der Waals surface area contributed by atoms with Gasteiger partial charge in [-0.2, -0.15) is 9.97 Å². The molecule has 280 valence electrons. The normalized spacial score (nSPS) is 16.5. The predicted molar refractivity (Wildman–Crippen MR) is 239 cm³/mol. The molecule has 9 aromatic rings. The van der Waals surface area contributed by atoms with Gasteiger partial charge in [-0.25, -0.2) is 4.98 Å². The van der Waals surface area contributed by atoms with Gasteiger partial charge in [0.25, 0.3) is 0 Å². The van der Waals surface area contributed by atoms with Gasteiger partial charge in [0.05, 0.1) is 22.5 Å². The number of hydrogen-bond donors (Lipinski definition) is 0. The predicted octanol–water partition coefficient (Wildman–Crippen LogP) is 13.1. The first-order chi connectivity index (χ1) is 28.6. The molecule has 6 nitrogen and oxygen atoms in total. The minimum atomic E-state index is -0.253.